The summed E-state index contributed by atoms with van der Waals surface area (Å²) in [6.07, 6.45) is 1.84. The van der Waals surface area contributed by atoms with Crippen LogP contribution in [0.2, 0.25) is 5.02 Å². The van der Waals surface area contributed by atoms with E-state index in [0.717, 1.165) is 40.1 Å². The number of rotatable bonds is 4. The van der Waals surface area contributed by atoms with Crippen molar-refractivity contribution in [2.45, 2.75) is 35.6 Å². The minimum absolute atomic E-state index is 0.190. The quantitative estimate of drug-likeness (QED) is 0.545. The molecule has 1 N–H and O–H groups in total. The Morgan fingerprint density at radius 2 is 2.11 bits per heavy atom. The topological polar surface area (TPSA) is 66.0 Å². The summed E-state index contributed by atoms with van der Waals surface area (Å²) in [5.74, 6) is -0.954. The third-order valence-corrected chi connectivity index (χ3v) is 7.01. The smallest absolute Gasteiger partial charge is 0.307 e. The van der Waals surface area contributed by atoms with Gasteiger partial charge in [0.2, 0.25) is 0 Å². The van der Waals surface area contributed by atoms with Crippen molar-refractivity contribution < 1.29 is 9.90 Å². The highest BCUT2D eigenvalue weighted by atomic mass is 79.9. The number of carbonyl (C=O) groups is 1. The molecule has 0 radical (unpaired) electrons. The molecule has 4 nitrogen and oxygen atoms in total. The van der Waals surface area contributed by atoms with E-state index in [2.05, 4.69) is 26.6 Å². The van der Waals surface area contributed by atoms with Crippen molar-refractivity contribution in [2.75, 3.05) is 0 Å². The van der Waals surface area contributed by atoms with Gasteiger partial charge in [0.05, 0.1) is 23.6 Å². The number of halogens is 2. The Kier molecular flexibility index (Phi) is 4.94. The summed E-state index contributed by atoms with van der Waals surface area (Å²) in [5, 5.41) is 20.5. The third kappa shape index (κ3) is 3.25. The van der Waals surface area contributed by atoms with Crippen molar-refractivity contribution >= 4 is 56.2 Å². The second-order valence-corrected chi connectivity index (χ2v) is 8.69. The van der Waals surface area contributed by atoms with E-state index in [1.807, 2.05) is 30.3 Å². The van der Waals surface area contributed by atoms with Crippen molar-refractivity contribution in [3.8, 4) is 6.07 Å². The largest absolute Gasteiger partial charge is 0.481 e. The van der Waals surface area contributed by atoms with Crippen LogP contribution < -0.4 is 0 Å². The number of hydrogen-bond acceptors (Lipinski definition) is 3. The zero-order valence-corrected chi connectivity index (χ0v) is 17.3. The Labute approximate surface area is 173 Å². The number of aryl methyl sites for hydroxylation is 1. The Hall–Kier alpha value is -1.94. The van der Waals surface area contributed by atoms with E-state index in [1.165, 1.54) is 5.69 Å². The predicted molar refractivity (Wildman–Crippen MR) is 110 cm³/mol. The number of benzene rings is 2. The van der Waals surface area contributed by atoms with Crippen LogP contribution in [0.25, 0.3) is 10.9 Å². The molecule has 0 saturated heterocycles. The maximum absolute atomic E-state index is 11.3. The van der Waals surface area contributed by atoms with Gasteiger partial charge < -0.3 is 9.67 Å². The predicted octanol–water partition coefficient (Wildman–Crippen LogP) is 5.65. The highest BCUT2D eigenvalue weighted by molar-refractivity contribution is 9.10. The van der Waals surface area contributed by atoms with Crippen LogP contribution in [0, 0.1) is 11.3 Å². The number of nitrogens with zero attached hydrogens (tertiary/aromatic N) is 2. The number of aromatic nitrogens is 1. The fraction of sp³-hybridized carbons (Fsp3) is 0.200. The van der Waals surface area contributed by atoms with Crippen LogP contribution in [0.1, 0.15) is 23.2 Å². The lowest BCUT2D eigenvalue weighted by Gasteiger charge is -2.10. The molecule has 0 spiro atoms. The van der Waals surface area contributed by atoms with E-state index in [0.29, 0.717) is 20.6 Å². The SMILES string of the molecule is N#Cc1cc2c(c(Br)c1CC(=O)O)c(Sc1ccc(Cl)cc1)c1n2CCC1. The summed E-state index contributed by atoms with van der Waals surface area (Å²) in [5.41, 5.74) is 3.16. The molecule has 4 rings (SSSR count). The van der Waals surface area contributed by atoms with E-state index in [-0.39, 0.29) is 6.42 Å². The first-order valence-corrected chi connectivity index (χ1v) is 10.4. The monoisotopic (exact) mass is 460 g/mol. The van der Waals surface area contributed by atoms with Gasteiger partial charge >= 0.3 is 5.97 Å². The minimum Gasteiger partial charge on any atom is -0.481 e. The molecule has 27 heavy (non-hydrogen) atoms. The molecule has 3 aromatic rings. The maximum atomic E-state index is 11.3. The molecule has 0 saturated carbocycles. The summed E-state index contributed by atoms with van der Waals surface area (Å²) in [6, 6.07) is 11.7. The van der Waals surface area contributed by atoms with E-state index >= 15 is 0 Å². The lowest BCUT2D eigenvalue weighted by atomic mass is 10.0. The molecule has 0 atom stereocenters. The van der Waals surface area contributed by atoms with Crippen LogP contribution in [0.5, 0.6) is 0 Å². The molecule has 0 unspecified atom stereocenters. The Morgan fingerprint density at radius 1 is 1.37 bits per heavy atom. The summed E-state index contributed by atoms with van der Waals surface area (Å²) < 4.78 is 2.96. The van der Waals surface area contributed by atoms with Gasteiger partial charge in [0.1, 0.15) is 0 Å². The Balaban J connectivity index is 1.96. The van der Waals surface area contributed by atoms with Crippen molar-refractivity contribution in [1.29, 1.82) is 5.26 Å². The summed E-state index contributed by atoms with van der Waals surface area (Å²) in [4.78, 5) is 13.5. The van der Waals surface area contributed by atoms with Gasteiger partial charge in [-0.05, 0) is 64.7 Å². The molecule has 0 bridgehead atoms. The average molecular weight is 462 g/mol. The molecule has 2 aromatic carbocycles. The van der Waals surface area contributed by atoms with Crippen LogP contribution in [0.4, 0.5) is 0 Å². The number of hydrogen-bond donors (Lipinski definition) is 1. The zero-order valence-electron chi connectivity index (χ0n) is 14.1. The summed E-state index contributed by atoms with van der Waals surface area (Å²) in [6.45, 7) is 0.905. The van der Waals surface area contributed by atoms with Gasteiger partial charge in [-0.15, -0.1) is 0 Å². The van der Waals surface area contributed by atoms with Crippen molar-refractivity contribution in [3.63, 3.8) is 0 Å². The van der Waals surface area contributed by atoms with Crippen molar-refractivity contribution in [1.82, 2.24) is 4.57 Å². The van der Waals surface area contributed by atoms with Crippen LogP contribution >= 0.6 is 39.3 Å². The van der Waals surface area contributed by atoms with Gasteiger partial charge in [0.25, 0.3) is 0 Å². The molecule has 7 heteroatoms. The van der Waals surface area contributed by atoms with Gasteiger partial charge in [-0.3, -0.25) is 4.79 Å². The minimum atomic E-state index is -0.954. The normalized spacial score (nSPS) is 12.9. The zero-order chi connectivity index (χ0) is 19.1. The number of carboxylic acid groups (broad SMARTS) is 1. The number of aliphatic carboxylic acids is 1. The average Bonchev–Trinajstić information content (AvgIpc) is 3.21. The van der Waals surface area contributed by atoms with Crippen molar-refractivity contribution in [3.05, 3.63) is 56.6 Å². The van der Waals surface area contributed by atoms with Gasteiger partial charge in [0, 0.05) is 36.9 Å². The summed E-state index contributed by atoms with van der Waals surface area (Å²) >= 11 is 11.3. The van der Waals surface area contributed by atoms with Crippen LogP contribution in [0.15, 0.2) is 44.6 Å². The number of carboxylic acids is 1. The second-order valence-electron chi connectivity index (χ2n) is 6.38. The maximum Gasteiger partial charge on any atom is 0.307 e. The van der Waals surface area contributed by atoms with Gasteiger partial charge in [-0.2, -0.15) is 5.26 Å². The standard InChI is InChI=1S/C20H14BrClN2O2S/c21-19-14(9-17(25)26)11(10-23)8-16-18(19)20(15-2-1-7-24(15)16)27-13-5-3-12(22)4-6-13/h3-6,8H,1-2,7,9H2,(H,25,26). The first-order valence-electron chi connectivity index (χ1n) is 8.41. The van der Waals surface area contributed by atoms with Gasteiger partial charge in [0.15, 0.2) is 0 Å². The molecule has 1 aliphatic heterocycles. The van der Waals surface area contributed by atoms with E-state index in [4.69, 9.17) is 11.6 Å². The van der Waals surface area contributed by atoms with Gasteiger partial charge in [-0.1, -0.05) is 23.4 Å². The second kappa shape index (κ2) is 7.23. The van der Waals surface area contributed by atoms with Crippen LogP contribution in [-0.4, -0.2) is 15.6 Å². The third-order valence-electron chi connectivity index (χ3n) is 4.73. The Bertz CT molecular complexity index is 1120. The lowest BCUT2D eigenvalue weighted by molar-refractivity contribution is -0.136. The molecular formula is C20H14BrClN2O2S. The van der Waals surface area contributed by atoms with Crippen LogP contribution in [-0.2, 0) is 24.2 Å². The molecular weight excluding hydrogens is 448 g/mol. The summed E-state index contributed by atoms with van der Waals surface area (Å²) in [7, 11) is 0. The molecule has 1 aliphatic rings. The molecule has 0 aliphatic carbocycles. The molecule has 0 amide bonds. The molecule has 0 fully saturated rings. The first kappa shape index (κ1) is 18.4. The number of nitriles is 1. The fourth-order valence-corrected chi connectivity index (χ4v) is 5.74. The highest BCUT2D eigenvalue weighted by Gasteiger charge is 2.26. The van der Waals surface area contributed by atoms with E-state index in [1.54, 1.807) is 11.8 Å². The fourth-order valence-electron chi connectivity index (χ4n) is 3.58. The van der Waals surface area contributed by atoms with E-state index < -0.39 is 5.97 Å². The molecule has 1 aromatic heterocycles. The first-order chi connectivity index (χ1) is 13.0. The lowest BCUT2D eigenvalue weighted by Crippen LogP contribution is -2.04. The number of fused-ring (bicyclic) bond motifs is 3. The van der Waals surface area contributed by atoms with Gasteiger partial charge in [-0.25, -0.2) is 0 Å². The van der Waals surface area contributed by atoms with E-state index in [9.17, 15) is 15.2 Å². The van der Waals surface area contributed by atoms with Crippen LogP contribution in [0.3, 0.4) is 0 Å². The van der Waals surface area contributed by atoms with Crippen molar-refractivity contribution in [2.24, 2.45) is 0 Å². The molecule has 2 heterocycles. The highest BCUT2D eigenvalue weighted by Crippen LogP contribution is 2.46. The Morgan fingerprint density at radius 3 is 2.78 bits per heavy atom. The molecule has 136 valence electrons.